The minimum atomic E-state index is -2.80. The van der Waals surface area contributed by atoms with Gasteiger partial charge < -0.3 is 25.0 Å². The molecule has 3 aliphatic heterocycles. The van der Waals surface area contributed by atoms with E-state index in [0.29, 0.717) is 49.1 Å². The quantitative estimate of drug-likeness (QED) is 0.150. The van der Waals surface area contributed by atoms with Gasteiger partial charge in [-0.3, -0.25) is 29.1 Å². The first-order chi connectivity index (χ1) is 29.6. The third-order valence-electron chi connectivity index (χ3n) is 12.6. The number of nitrogens with one attached hydrogen (secondary N) is 1. The van der Waals surface area contributed by atoms with Gasteiger partial charge in [-0.2, -0.15) is 15.3 Å². The molecule has 0 bridgehead atoms. The summed E-state index contributed by atoms with van der Waals surface area (Å²) in [4.78, 5) is 45.4. The van der Waals surface area contributed by atoms with Crippen LogP contribution in [0, 0.1) is 24.7 Å². The number of carbonyl (C=O) groups excluding carboxylic acids is 3. The number of primary amides is 1. The Bertz CT molecular complexity index is 2510. The molecule has 0 unspecified atom stereocenters. The van der Waals surface area contributed by atoms with Gasteiger partial charge >= 0.3 is 0 Å². The maximum atomic E-state index is 14.6. The van der Waals surface area contributed by atoms with E-state index in [1.165, 1.54) is 4.52 Å². The third-order valence-corrected chi connectivity index (χ3v) is 12.6. The number of nitrogens with two attached hydrogens (primary N) is 1. The predicted octanol–water partition coefficient (Wildman–Crippen LogP) is 4.44. The topological polar surface area (TPSA) is 180 Å². The molecule has 4 aromatic heterocycles. The summed E-state index contributed by atoms with van der Waals surface area (Å²) >= 11 is 0. The fourth-order valence-electron chi connectivity index (χ4n) is 9.59. The van der Waals surface area contributed by atoms with Crippen molar-refractivity contribution in [1.29, 1.82) is 0 Å². The maximum absolute atomic E-state index is 14.6. The summed E-state index contributed by atoms with van der Waals surface area (Å²) in [5, 5.41) is 17.0. The van der Waals surface area contributed by atoms with Gasteiger partial charge in [0, 0.05) is 62.1 Å². The lowest BCUT2D eigenvalue weighted by Gasteiger charge is -2.37. The minimum absolute atomic E-state index is 0.0229. The van der Waals surface area contributed by atoms with Gasteiger partial charge in [-0.05, 0) is 76.0 Å². The number of aryl methyl sites for hydroxylation is 1. The summed E-state index contributed by atoms with van der Waals surface area (Å²) in [6.45, 7) is 5.70. The van der Waals surface area contributed by atoms with Crippen LogP contribution in [0.25, 0.3) is 16.6 Å². The molecule has 18 heteroatoms. The average Bonchev–Trinajstić information content (AvgIpc) is 3.98. The Balaban J connectivity index is 0.774. The number of piperidine rings is 2. The SMILES string of the molecule is Cc1nn([C@@H]2CCC(=O)NC2=O)c2cccc(C#CCOC3CCC(CN4CCC(n5cc(N6CCOC[C@H]6c6nn7cccnc7c6C(N)=O)c(C(F)F)n5)CC4)CC3)c12. The molecule has 3 saturated heterocycles. The van der Waals surface area contributed by atoms with Crippen LogP contribution >= 0.6 is 0 Å². The van der Waals surface area contributed by atoms with Gasteiger partial charge in [0.15, 0.2) is 11.3 Å². The lowest BCUT2D eigenvalue weighted by molar-refractivity contribution is -0.135. The third kappa shape index (κ3) is 8.21. The number of rotatable bonds is 10. The molecule has 61 heavy (non-hydrogen) atoms. The Hall–Kier alpha value is -5.77. The van der Waals surface area contributed by atoms with Crippen LogP contribution in [0.1, 0.15) is 109 Å². The molecule has 0 radical (unpaired) electrons. The number of hydrogen-bond acceptors (Lipinski definition) is 11. The van der Waals surface area contributed by atoms with Gasteiger partial charge in [0.05, 0.1) is 48.3 Å². The Labute approximate surface area is 350 Å². The van der Waals surface area contributed by atoms with E-state index in [2.05, 4.69) is 42.3 Å². The van der Waals surface area contributed by atoms with Crippen LogP contribution < -0.4 is 16.0 Å². The zero-order chi connectivity index (χ0) is 42.2. The molecule has 2 atom stereocenters. The number of anilines is 1. The van der Waals surface area contributed by atoms with E-state index in [-0.39, 0.29) is 48.2 Å². The zero-order valence-electron chi connectivity index (χ0n) is 34.0. The number of imide groups is 1. The van der Waals surface area contributed by atoms with Crippen LogP contribution in [0.15, 0.2) is 42.9 Å². The fraction of sp³-hybridized carbons (Fsp3) is 0.512. The molecule has 4 aliphatic rings. The van der Waals surface area contributed by atoms with Gasteiger partial charge in [-0.25, -0.2) is 18.3 Å². The Morgan fingerprint density at radius 1 is 1.03 bits per heavy atom. The van der Waals surface area contributed by atoms with Crippen molar-refractivity contribution in [3.05, 3.63) is 71.1 Å². The normalized spacial score (nSPS) is 23.1. The molecule has 1 saturated carbocycles. The van der Waals surface area contributed by atoms with E-state index < -0.39 is 24.4 Å². The summed E-state index contributed by atoms with van der Waals surface area (Å²) < 4.78 is 46.2. The molecular formula is C43H49F2N11O5. The number of nitrogens with zero attached hydrogens (tertiary/aromatic N) is 9. The van der Waals surface area contributed by atoms with Crippen LogP contribution in [0.2, 0.25) is 0 Å². The molecule has 16 nitrogen and oxygen atoms in total. The molecule has 0 spiro atoms. The predicted molar refractivity (Wildman–Crippen MR) is 219 cm³/mol. The molecule has 1 aromatic carbocycles. The standard InChI is InChI=1S/C43H49F2N11O5/c1-26-36-28(5-2-7-31(36)56(49-26)32-12-13-35(57)48-43(32)59)6-3-21-61-30-10-8-27(9-11-30)23-52-18-14-29(15-19-52)55-24-33(39(51-55)40(44)45)53-20-22-60-25-34(53)38-37(41(46)58)42-47-16-4-17-54(42)50-38/h2,4-5,7,16-17,24,27,29-30,32,34,40H,8-15,18-23,25H2,1H3,(H2,46,58)(H,48,57,59)/t27?,30?,32-,34+/m1/s1. The van der Waals surface area contributed by atoms with Crippen molar-refractivity contribution < 1.29 is 32.6 Å². The molecule has 4 fully saturated rings. The van der Waals surface area contributed by atoms with Crippen molar-refractivity contribution in [2.24, 2.45) is 11.7 Å². The molecule has 5 aromatic rings. The number of likely N-dealkylation sites (tertiary alicyclic amines) is 1. The van der Waals surface area contributed by atoms with Crippen molar-refractivity contribution in [2.75, 3.05) is 50.9 Å². The highest BCUT2D eigenvalue weighted by Crippen LogP contribution is 2.39. The van der Waals surface area contributed by atoms with Gasteiger partial charge in [0.1, 0.15) is 23.9 Å². The van der Waals surface area contributed by atoms with Gasteiger partial charge in [-0.15, -0.1) is 0 Å². The highest BCUT2D eigenvalue weighted by atomic mass is 19.3. The summed E-state index contributed by atoms with van der Waals surface area (Å²) in [6, 6.07) is 6.28. The van der Waals surface area contributed by atoms with E-state index in [1.54, 1.807) is 34.0 Å². The van der Waals surface area contributed by atoms with Crippen molar-refractivity contribution in [3.63, 3.8) is 0 Å². The second kappa shape index (κ2) is 17.3. The van der Waals surface area contributed by atoms with Gasteiger partial charge in [-0.1, -0.05) is 17.9 Å². The first-order valence-electron chi connectivity index (χ1n) is 21.1. The van der Waals surface area contributed by atoms with Crippen molar-refractivity contribution in [2.45, 2.75) is 88.9 Å². The lowest BCUT2D eigenvalue weighted by Crippen LogP contribution is -2.42. The number of alkyl halides is 2. The lowest BCUT2D eigenvalue weighted by atomic mass is 9.86. The fourth-order valence-corrected chi connectivity index (χ4v) is 9.59. The smallest absolute Gasteiger partial charge is 0.284 e. The Morgan fingerprint density at radius 2 is 1.85 bits per heavy atom. The van der Waals surface area contributed by atoms with E-state index in [1.807, 2.05) is 30.0 Å². The number of morpholine rings is 1. The summed E-state index contributed by atoms with van der Waals surface area (Å²) in [6.07, 6.45) is 8.64. The molecular weight excluding hydrogens is 789 g/mol. The second-order valence-corrected chi connectivity index (χ2v) is 16.5. The first-order valence-corrected chi connectivity index (χ1v) is 21.1. The minimum Gasteiger partial charge on any atom is -0.377 e. The number of benzene rings is 1. The molecule has 3 N–H and O–H groups in total. The summed E-state index contributed by atoms with van der Waals surface area (Å²) in [5.74, 6) is 5.73. The average molecular weight is 838 g/mol. The van der Waals surface area contributed by atoms with Crippen LogP contribution in [0.4, 0.5) is 14.5 Å². The number of hydrogen-bond donors (Lipinski definition) is 2. The van der Waals surface area contributed by atoms with Gasteiger partial charge in [0.2, 0.25) is 5.91 Å². The Kier molecular flexibility index (Phi) is 11.5. The molecule has 3 amide bonds. The summed E-state index contributed by atoms with van der Waals surface area (Å²) in [7, 11) is 0. The van der Waals surface area contributed by atoms with Crippen LogP contribution in [0.3, 0.4) is 0 Å². The highest BCUT2D eigenvalue weighted by Gasteiger charge is 2.37. The van der Waals surface area contributed by atoms with E-state index >= 15 is 0 Å². The number of fused-ring (bicyclic) bond motifs is 2. The summed E-state index contributed by atoms with van der Waals surface area (Å²) in [5.41, 5.74) is 9.01. The highest BCUT2D eigenvalue weighted by molar-refractivity contribution is 6.01. The first kappa shape index (κ1) is 40.6. The second-order valence-electron chi connectivity index (χ2n) is 16.5. The van der Waals surface area contributed by atoms with Gasteiger partial charge in [0.25, 0.3) is 18.2 Å². The van der Waals surface area contributed by atoms with Crippen molar-refractivity contribution in [1.82, 2.24) is 44.4 Å². The maximum Gasteiger partial charge on any atom is 0.284 e. The van der Waals surface area contributed by atoms with Crippen LogP contribution in [-0.4, -0.2) is 109 Å². The molecule has 320 valence electrons. The van der Waals surface area contributed by atoms with Crippen molar-refractivity contribution in [3.8, 4) is 11.8 Å². The molecule has 1 aliphatic carbocycles. The van der Waals surface area contributed by atoms with E-state index in [4.69, 9.17) is 15.2 Å². The molecule has 7 heterocycles. The number of amides is 3. The van der Waals surface area contributed by atoms with Crippen LogP contribution in [0.5, 0.6) is 0 Å². The number of aromatic nitrogens is 7. The van der Waals surface area contributed by atoms with Crippen LogP contribution in [-0.2, 0) is 19.1 Å². The zero-order valence-corrected chi connectivity index (χ0v) is 34.0. The van der Waals surface area contributed by atoms with E-state index in [0.717, 1.165) is 80.3 Å². The molecule has 9 rings (SSSR count). The number of ether oxygens (including phenoxy) is 2. The Morgan fingerprint density at radius 3 is 2.62 bits per heavy atom. The number of carbonyl (C=O) groups is 3. The monoisotopic (exact) mass is 837 g/mol. The largest absolute Gasteiger partial charge is 0.377 e. The van der Waals surface area contributed by atoms with Crippen molar-refractivity contribution >= 4 is 40.0 Å². The number of halogens is 2. The van der Waals surface area contributed by atoms with E-state index in [9.17, 15) is 23.2 Å².